The van der Waals surface area contributed by atoms with E-state index in [0.29, 0.717) is 5.92 Å². The van der Waals surface area contributed by atoms with Crippen molar-refractivity contribution in [1.29, 1.82) is 0 Å². The van der Waals surface area contributed by atoms with Gasteiger partial charge < -0.3 is 13.9 Å². The van der Waals surface area contributed by atoms with E-state index in [2.05, 4.69) is 24.3 Å². The summed E-state index contributed by atoms with van der Waals surface area (Å²) in [6.07, 6.45) is 11.6. The minimum absolute atomic E-state index is 0.0757. The van der Waals surface area contributed by atoms with Gasteiger partial charge in [0.1, 0.15) is 11.9 Å². The van der Waals surface area contributed by atoms with Crippen LogP contribution in [0, 0.1) is 5.92 Å². The topological polar surface area (TPSA) is 57.8 Å². The molecule has 0 bridgehead atoms. The number of ether oxygens (including phenoxy) is 1. The molecule has 1 fully saturated rings. The highest BCUT2D eigenvalue weighted by molar-refractivity contribution is 5.04. The number of imidazole rings is 1. The van der Waals surface area contributed by atoms with Crippen molar-refractivity contribution >= 4 is 0 Å². The molecule has 21 heavy (non-hydrogen) atoms. The molecule has 112 valence electrons. The van der Waals surface area contributed by atoms with Gasteiger partial charge in [-0.2, -0.15) is 0 Å². The third-order valence-corrected chi connectivity index (χ3v) is 4.61. The van der Waals surface area contributed by atoms with Crippen LogP contribution in [0.2, 0.25) is 0 Å². The average Bonchev–Trinajstić information content (AvgIpc) is 3.19. The first-order valence-electron chi connectivity index (χ1n) is 7.91. The molecule has 0 spiro atoms. The number of aryl methyl sites for hydroxylation is 1. The molecule has 0 aliphatic carbocycles. The predicted octanol–water partition coefficient (Wildman–Crippen LogP) is 1.98. The molecule has 2 aromatic heterocycles. The van der Waals surface area contributed by atoms with Gasteiger partial charge in [0.2, 0.25) is 0 Å². The maximum atomic E-state index is 6.01. The Labute approximate surface area is 124 Å². The van der Waals surface area contributed by atoms with Crippen molar-refractivity contribution in [2.75, 3.05) is 6.61 Å². The van der Waals surface area contributed by atoms with Crippen LogP contribution in [0.4, 0.5) is 0 Å². The zero-order valence-electron chi connectivity index (χ0n) is 12.2. The van der Waals surface area contributed by atoms with Crippen LogP contribution in [-0.2, 0) is 24.2 Å². The lowest BCUT2D eigenvalue weighted by molar-refractivity contribution is 0.0759. The van der Waals surface area contributed by atoms with Crippen LogP contribution in [0.1, 0.15) is 43.4 Å². The summed E-state index contributed by atoms with van der Waals surface area (Å²) < 4.78 is 10.4. The second-order valence-electron chi connectivity index (χ2n) is 6.04. The van der Waals surface area contributed by atoms with Gasteiger partial charge in [-0.1, -0.05) is 6.42 Å². The SMILES string of the molecule is c1cn(C[C@@H]2CCO[C@@H]2c2nnc3n2CCCCC3)cn1. The fraction of sp³-hybridized carbons (Fsp3) is 0.667. The van der Waals surface area contributed by atoms with E-state index in [1.807, 2.05) is 18.7 Å². The third kappa shape index (κ3) is 2.48. The van der Waals surface area contributed by atoms with Gasteiger partial charge in [-0.3, -0.25) is 0 Å². The van der Waals surface area contributed by atoms with Gasteiger partial charge in [0.15, 0.2) is 5.82 Å². The van der Waals surface area contributed by atoms with E-state index in [-0.39, 0.29) is 6.10 Å². The van der Waals surface area contributed by atoms with Gasteiger partial charge in [-0.25, -0.2) is 4.98 Å². The molecule has 4 heterocycles. The molecule has 2 aliphatic rings. The van der Waals surface area contributed by atoms with Gasteiger partial charge >= 0.3 is 0 Å². The van der Waals surface area contributed by atoms with Gasteiger partial charge in [0.05, 0.1) is 6.33 Å². The molecular formula is C15H21N5O. The molecule has 2 aliphatic heterocycles. The first kappa shape index (κ1) is 13.0. The lowest BCUT2D eigenvalue weighted by Gasteiger charge is -2.19. The van der Waals surface area contributed by atoms with Crippen molar-refractivity contribution in [2.24, 2.45) is 5.92 Å². The molecule has 0 unspecified atom stereocenters. The number of hydrogen-bond acceptors (Lipinski definition) is 4. The molecule has 6 nitrogen and oxygen atoms in total. The molecule has 0 aromatic carbocycles. The standard InChI is InChI=1S/C15H21N5O/c1-2-4-13-17-18-15(20(13)7-3-1)14-12(5-9-21-14)10-19-8-6-16-11-19/h6,8,11-12,14H,1-5,7,9-10H2/t12-,14-/m0/s1. The molecule has 4 rings (SSSR count). The van der Waals surface area contributed by atoms with Crippen LogP contribution in [0.15, 0.2) is 18.7 Å². The first-order chi connectivity index (χ1) is 10.4. The first-order valence-corrected chi connectivity index (χ1v) is 7.91. The van der Waals surface area contributed by atoms with Gasteiger partial charge in [0, 0.05) is 44.4 Å². The van der Waals surface area contributed by atoms with Gasteiger partial charge in [0.25, 0.3) is 0 Å². The van der Waals surface area contributed by atoms with Crippen molar-refractivity contribution in [1.82, 2.24) is 24.3 Å². The lowest BCUT2D eigenvalue weighted by Crippen LogP contribution is -2.18. The fourth-order valence-corrected chi connectivity index (χ4v) is 3.49. The molecule has 2 aromatic rings. The number of aromatic nitrogens is 5. The van der Waals surface area contributed by atoms with E-state index in [4.69, 9.17) is 4.74 Å². The quantitative estimate of drug-likeness (QED) is 0.866. The molecular weight excluding hydrogens is 266 g/mol. The van der Waals surface area contributed by atoms with Crippen molar-refractivity contribution < 1.29 is 4.74 Å². The summed E-state index contributed by atoms with van der Waals surface area (Å²) in [5.41, 5.74) is 0. The average molecular weight is 287 g/mol. The molecule has 1 saturated heterocycles. The Morgan fingerprint density at radius 2 is 2.24 bits per heavy atom. The summed E-state index contributed by atoms with van der Waals surface area (Å²) in [5.74, 6) is 2.63. The number of fused-ring (bicyclic) bond motifs is 1. The second-order valence-corrected chi connectivity index (χ2v) is 6.04. The maximum absolute atomic E-state index is 6.01. The maximum Gasteiger partial charge on any atom is 0.162 e. The highest BCUT2D eigenvalue weighted by Gasteiger charge is 2.34. The predicted molar refractivity (Wildman–Crippen MR) is 76.6 cm³/mol. The van der Waals surface area contributed by atoms with Crippen LogP contribution >= 0.6 is 0 Å². The Hall–Kier alpha value is -1.69. The highest BCUT2D eigenvalue weighted by Crippen LogP contribution is 2.35. The van der Waals surface area contributed by atoms with Crippen molar-refractivity contribution in [3.8, 4) is 0 Å². The van der Waals surface area contributed by atoms with E-state index >= 15 is 0 Å². The minimum Gasteiger partial charge on any atom is -0.370 e. The van der Waals surface area contributed by atoms with E-state index in [9.17, 15) is 0 Å². The highest BCUT2D eigenvalue weighted by atomic mass is 16.5. The smallest absolute Gasteiger partial charge is 0.162 e. The van der Waals surface area contributed by atoms with Crippen LogP contribution < -0.4 is 0 Å². The zero-order chi connectivity index (χ0) is 14.1. The van der Waals surface area contributed by atoms with E-state index in [1.54, 1.807) is 0 Å². The number of hydrogen-bond donors (Lipinski definition) is 0. The van der Waals surface area contributed by atoms with Crippen LogP contribution in [0.3, 0.4) is 0 Å². The molecule has 0 saturated carbocycles. The molecule has 6 heteroatoms. The van der Waals surface area contributed by atoms with E-state index in [0.717, 1.165) is 44.2 Å². The number of nitrogens with zero attached hydrogens (tertiary/aromatic N) is 5. The van der Waals surface area contributed by atoms with E-state index in [1.165, 1.54) is 19.3 Å². The second kappa shape index (κ2) is 5.60. The van der Waals surface area contributed by atoms with Crippen molar-refractivity contribution in [3.63, 3.8) is 0 Å². The van der Waals surface area contributed by atoms with Crippen LogP contribution in [0.25, 0.3) is 0 Å². The fourth-order valence-electron chi connectivity index (χ4n) is 3.49. The Balaban J connectivity index is 1.58. The lowest BCUT2D eigenvalue weighted by atomic mass is 10.0. The Kier molecular flexibility index (Phi) is 3.47. The molecule has 0 amide bonds. The Morgan fingerprint density at radius 1 is 1.24 bits per heavy atom. The van der Waals surface area contributed by atoms with Crippen LogP contribution in [0.5, 0.6) is 0 Å². The summed E-state index contributed by atoms with van der Waals surface area (Å²) in [6, 6.07) is 0. The van der Waals surface area contributed by atoms with Crippen molar-refractivity contribution in [3.05, 3.63) is 30.4 Å². The third-order valence-electron chi connectivity index (χ3n) is 4.61. The Morgan fingerprint density at radius 3 is 3.14 bits per heavy atom. The summed E-state index contributed by atoms with van der Waals surface area (Å²) in [5, 5.41) is 8.87. The summed E-state index contributed by atoms with van der Waals surface area (Å²) in [4.78, 5) is 4.12. The summed E-state index contributed by atoms with van der Waals surface area (Å²) >= 11 is 0. The monoisotopic (exact) mass is 287 g/mol. The summed E-state index contributed by atoms with van der Waals surface area (Å²) in [7, 11) is 0. The largest absolute Gasteiger partial charge is 0.370 e. The van der Waals surface area contributed by atoms with Gasteiger partial charge in [-0.15, -0.1) is 10.2 Å². The van der Waals surface area contributed by atoms with E-state index < -0.39 is 0 Å². The normalized spacial score (nSPS) is 25.7. The Bertz CT molecular complexity index is 591. The van der Waals surface area contributed by atoms with Gasteiger partial charge in [-0.05, 0) is 19.3 Å². The molecule has 0 N–H and O–H groups in total. The molecule has 2 atom stereocenters. The van der Waals surface area contributed by atoms with Crippen molar-refractivity contribution in [2.45, 2.75) is 51.3 Å². The molecule has 0 radical (unpaired) electrons. The minimum atomic E-state index is 0.0757. The van der Waals surface area contributed by atoms with Crippen LogP contribution in [-0.4, -0.2) is 30.9 Å². The number of rotatable bonds is 3. The summed E-state index contributed by atoms with van der Waals surface area (Å²) in [6.45, 7) is 2.79. The zero-order valence-corrected chi connectivity index (χ0v) is 12.2.